The predicted octanol–water partition coefficient (Wildman–Crippen LogP) is 3.18. The Labute approximate surface area is 186 Å². The van der Waals surface area contributed by atoms with Crippen LogP contribution in [-0.2, 0) is 28.3 Å². The van der Waals surface area contributed by atoms with Gasteiger partial charge in [-0.3, -0.25) is 9.48 Å². The molecule has 1 amide bonds. The molecule has 0 unspecified atom stereocenters. The molecule has 0 saturated carbocycles. The number of hydrogen-bond acceptors (Lipinski definition) is 5. The molecular weight excluding hydrogens is 414 g/mol. The van der Waals surface area contributed by atoms with Gasteiger partial charge in [-0.25, -0.2) is 8.42 Å². The molecule has 8 nitrogen and oxygen atoms in total. The fourth-order valence-electron chi connectivity index (χ4n) is 3.68. The number of amides is 1. The zero-order chi connectivity index (χ0) is 23.2. The number of aryl methyl sites for hydroxylation is 3. The van der Waals surface area contributed by atoms with E-state index in [1.54, 1.807) is 22.9 Å². The van der Waals surface area contributed by atoms with Crippen molar-refractivity contribution in [3.63, 3.8) is 0 Å². The number of benzene rings is 1. The molecule has 0 spiro atoms. The van der Waals surface area contributed by atoms with Crippen molar-refractivity contribution in [2.24, 2.45) is 7.05 Å². The number of rotatable bonds is 11. The minimum absolute atomic E-state index is 0.158. The smallest absolute Gasteiger partial charge is 0.243 e. The summed E-state index contributed by atoms with van der Waals surface area (Å²) in [6.45, 7) is 11.9. The maximum Gasteiger partial charge on any atom is 0.243 e. The van der Waals surface area contributed by atoms with E-state index in [0.717, 1.165) is 30.0 Å². The van der Waals surface area contributed by atoms with Crippen molar-refractivity contribution in [1.29, 1.82) is 0 Å². The van der Waals surface area contributed by atoms with Crippen molar-refractivity contribution in [1.82, 2.24) is 14.1 Å². The van der Waals surface area contributed by atoms with Crippen LogP contribution in [0.1, 0.15) is 45.4 Å². The van der Waals surface area contributed by atoms with Gasteiger partial charge in [0.05, 0.1) is 22.0 Å². The Balaban J connectivity index is 2.33. The first-order valence-corrected chi connectivity index (χ1v) is 12.3. The Morgan fingerprint density at radius 1 is 1.10 bits per heavy atom. The molecule has 0 aliphatic rings. The van der Waals surface area contributed by atoms with Crippen LogP contribution < -0.4 is 10.2 Å². The number of carbonyl (C=O) groups excluding carboxylic acids is 1. The van der Waals surface area contributed by atoms with Crippen LogP contribution in [-0.4, -0.2) is 54.6 Å². The fraction of sp³-hybridized carbons (Fsp3) is 0.545. The third-order valence-corrected chi connectivity index (χ3v) is 7.47. The van der Waals surface area contributed by atoms with Gasteiger partial charge in [-0.15, -0.1) is 0 Å². The van der Waals surface area contributed by atoms with Crippen LogP contribution >= 0.6 is 0 Å². The van der Waals surface area contributed by atoms with E-state index in [1.165, 1.54) is 4.31 Å². The Kier molecular flexibility index (Phi) is 8.64. The van der Waals surface area contributed by atoms with Gasteiger partial charge in [0.1, 0.15) is 0 Å². The zero-order valence-corrected chi connectivity index (χ0v) is 20.3. The van der Waals surface area contributed by atoms with Gasteiger partial charge in [-0.05, 0) is 51.0 Å². The van der Waals surface area contributed by atoms with E-state index in [4.69, 9.17) is 0 Å². The topological polar surface area (TPSA) is 87.5 Å². The summed E-state index contributed by atoms with van der Waals surface area (Å²) in [4.78, 5) is 15.0. The minimum atomic E-state index is -3.62. The third kappa shape index (κ3) is 5.86. The van der Waals surface area contributed by atoms with E-state index in [2.05, 4.69) is 15.3 Å². The van der Waals surface area contributed by atoms with E-state index in [9.17, 15) is 13.2 Å². The highest BCUT2D eigenvalue weighted by molar-refractivity contribution is 7.89. The van der Waals surface area contributed by atoms with E-state index in [-0.39, 0.29) is 17.2 Å². The number of nitrogens with one attached hydrogen (secondary N) is 1. The van der Waals surface area contributed by atoms with Crippen molar-refractivity contribution in [3.05, 3.63) is 35.7 Å². The van der Waals surface area contributed by atoms with Gasteiger partial charge in [0.2, 0.25) is 15.9 Å². The molecule has 2 aromatic rings. The first-order valence-electron chi connectivity index (χ1n) is 10.9. The van der Waals surface area contributed by atoms with Crippen LogP contribution in [0.4, 0.5) is 11.4 Å². The minimum Gasteiger partial charge on any atom is -0.370 e. The van der Waals surface area contributed by atoms with Gasteiger partial charge in [0.25, 0.3) is 0 Å². The predicted molar refractivity (Wildman–Crippen MR) is 125 cm³/mol. The second kappa shape index (κ2) is 10.8. The molecule has 1 aromatic heterocycles. The van der Waals surface area contributed by atoms with Crippen LogP contribution in [0.2, 0.25) is 0 Å². The quantitative estimate of drug-likeness (QED) is 0.569. The number of hydrogen-bond donors (Lipinski definition) is 1. The van der Waals surface area contributed by atoms with Gasteiger partial charge < -0.3 is 10.2 Å². The number of aromatic nitrogens is 2. The first kappa shape index (κ1) is 24.9. The Hall–Kier alpha value is -2.39. The van der Waals surface area contributed by atoms with E-state index < -0.39 is 10.0 Å². The molecule has 0 aliphatic carbocycles. The number of sulfonamides is 1. The monoisotopic (exact) mass is 449 g/mol. The molecule has 0 bridgehead atoms. The summed E-state index contributed by atoms with van der Waals surface area (Å²) in [5.41, 5.74) is 3.27. The maximum atomic E-state index is 13.0. The third-order valence-electron chi connectivity index (χ3n) is 5.43. The highest BCUT2D eigenvalue weighted by Crippen LogP contribution is 2.30. The molecule has 31 heavy (non-hydrogen) atoms. The van der Waals surface area contributed by atoms with Gasteiger partial charge in [-0.2, -0.15) is 9.40 Å². The lowest BCUT2D eigenvalue weighted by molar-refractivity contribution is -0.116. The molecule has 1 N–H and O–H groups in total. The van der Waals surface area contributed by atoms with Crippen LogP contribution in [0.25, 0.3) is 0 Å². The summed E-state index contributed by atoms with van der Waals surface area (Å²) in [5, 5.41) is 7.26. The Morgan fingerprint density at radius 3 is 2.26 bits per heavy atom. The summed E-state index contributed by atoms with van der Waals surface area (Å²) < 4.78 is 29.1. The van der Waals surface area contributed by atoms with E-state index in [0.29, 0.717) is 25.2 Å². The summed E-state index contributed by atoms with van der Waals surface area (Å²) in [5.74, 6) is -0.158. The van der Waals surface area contributed by atoms with Crippen LogP contribution in [0.5, 0.6) is 0 Å². The standard InChI is InChI=1S/C22H35N5O3S/c1-7-26(8-2)21-13-12-19(31(29,30)27(9-3)10-4)15-20(21)23-22(28)14-11-18-16-25(6)24-17(18)5/h12-13,15-16H,7-11,14H2,1-6H3,(H,23,28). The molecule has 0 atom stereocenters. The van der Waals surface area contributed by atoms with Gasteiger partial charge in [0, 0.05) is 45.8 Å². The number of anilines is 2. The van der Waals surface area contributed by atoms with Crippen molar-refractivity contribution >= 4 is 27.3 Å². The SMILES string of the molecule is CCN(CC)c1ccc(S(=O)(=O)N(CC)CC)cc1NC(=O)CCc1cn(C)nc1C. The summed E-state index contributed by atoms with van der Waals surface area (Å²) in [6, 6.07) is 4.98. The first-order chi connectivity index (χ1) is 14.7. The molecule has 0 radical (unpaired) electrons. The largest absolute Gasteiger partial charge is 0.370 e. The molecule has 2 rings (SSSR count). The summed E-state index contributed by atoms with van der Waals surface area (Å²) >= 11 is 0. The van der Waals surface area contributed by atoms with Crippen LogP contribution in [0, 0.1) is 6.92 Å². The second-order valence-electron chi connectivity index (χ2n) is 7.40. The van der Waals surface area contributed by atoms with Crippen molar-refractivity contribution < 1.29 is 13.2 Å². The fourth-order valence-corrected chi connectivity index (χ4v) is 5.17. The molecule has 0 fully saturated rings. The lowest BCUT2D eigenvalue weighted by Gasteiger charge is -2.26. The highest BCUT2D eigenvalue weighted by Gasteiger charge is 2.24. The van der Waals surface area contributed by atoms with Crippen molar-refractivity contribution in [3.8, 4) is 0 Å². The Bertz CT molecular complexity index is 993. The van der Waals surface area contributed by atoms with Gasteiger partial charge in [0.15, 0.2) is 0 Å². The summed E-state index contributed by atoms with van der Waals surface area (Å²) in [6.07, 6.45) is 2.78. The van der Waals surface area contributed by atoms with Crippen LogP contribution in [0.15, 0.2) is 29.3 Å². The van der Waals surface area contributed by atoms with Crippen molar-refractivity contribution in [2.45, 2.75) is 52.4 Å². The molecule has 0 saturated heterocycles. The summed E-state index contributed by atoms with van der Waals surface area (Å²) in [7, 11) is -1.77. The van der Waals surface area contributed by atoms with Gasteiger partial charge >= 0.3 is 0 Å². The second-order valence-corrected chi connectivity index (χ2v) is 9.34. The normalized spacial score (nSPS) is 11.7. The molecule has 1 heterocycles. The van der Waals surface area contributed by atoms with Crippen LogP contribution in [0.3, 0.4) is 0 Å². The average Bonchev–Trinajstić information content (AvgIpc) is 3.06. The van der Waals surface area contributed by atoms with Crippen molar-refractivity contribution in [2.75, 3.05) is 36.4 Å². The average molecular weight is 450 g/mol. The van der Waals surface area contributed by atoms with E-state index in [1.807, 2.05) is 47.9 Å². The lowest BCUT2D eigenvalue weighted by atomic mass is 10.1. The van der Waals surface area contributed by atoms with Gasteiger partial charge in [-0.1, -0.05) is 13.8 Å². The zero-order valence-electron chi connectivity index (χ0n) is 19.5. The molecule has 172 valence electrons. The number of carbonyl (C=O) groups is 1. The lowest BCUT2D eigenvalue weighted by Crippen LogP contribution is -2.31. The molecule has 9 heteroatoms. The highest BCUT2D eigenvalue weighted by atomic mass is 32.2. The molecular formula is C22H35N5O3S. The van der Waals surface area contributed by atoms with E-state index >= 15 is 0 Å². The Morgan fingerprint density at radius 2 is 1.74 bits per heavy atom. The number of nitrogens with zero attached hydrogens (tertiary/aromatic N) is 4. The maximum absolute atomic E-state index is 13.0. The molecule has 0 aliphatic heterocycles. The molecule has 1 aromatic carbocycles.